The van der Waals surface area contributed by atoms with Crippen LogP contribution in [0.1, 0.15) is 28.3 Å². The fraction of sp³-hybridized carbons (Fsp3) is 0.250. The molecule has 0 fully saturated rings. The van der Waals surface area contributed by atoms with Gasteiger partial charge in [-0.25, -0.2) is 31.4 Å². The summed E-state index contributed by atoms with van der Waals surface area (Å²) in [6, 6.07) is 11.1. The molecular weight excluding hydrogens is 528 g/mol. The molecule has 4 rings (SSSR count). The van der Waals surface area contributed by atoms with Crippen LogP contribution in [0.2, 0.25) is 5.02 Å². The summed E-state index contributed by atoms with van der Waals surface area (Å²) in [6.07, 6.45) is -2.78. The largest absolute Gasteiger partial charge is 0.308 e. The molecule has 0 saturated heterocycles. The number of sulfonamides is 1. The molecule has 188 valence electrons. The van der Waals surface area contributed by atoms with Crippen LogP contribution in [0.25, 0.3) is 16.9 Å². The number of fused-ring (bicyclic) bond motifs is 1. The second kappa shape index (κ2) is 10.6. The minimum Gasteiger partial charge on any atom is -0.308 e. The number of hydrogen-bond donors (Lipinski definition) is 1. The maximum atomic E-state index is 13.8. The van der Waals surface area contributed by atoms with E-state index in [0.29, 0.717) is 27.7 Å². The minimum absolute atomic E-state index is 0.144. The lowest BCUT2D eigenvalue weighted by Gasteiger charge is -2.09. The molecule has 0 aliphatic carbocycles. The average molecular weight is 550 g/mol. The molecule has 36 heavy (non-hydrogen) atoms. The van der Waals surface area contributed by atoms with Gasteiger partial charge in [-0.3, -0.25) is 0 Å². The molecule has 1 aromatic carbocycles. The Balaban J connectivity index is 1.63. The van der Waals surface area contributed by atoms with Crippen LogP contribution in [0.4, 0.5) is 8.78 Å². The van der Waals surface area contributed by atoms with Crippen LogP contribution in [0.3, 0.4) is 0 Å². The van der Waals surface area contributed by atoms with Gasteiger partial charge in [0.05, 0.1) is 10.6 Å². The lowest BCUT2D eigenvalue weighted by Crippen LogP contribution is -2.30. The maximum absolute atomic E-state index is 13.8. The van der Waals surface area contributed by atoms with E-state index in [9.17, 15) is 17.2 Å². The number of nitrogens with one attached hydrogen (secondary N) is 1. The third kappa shape index (κ3) is 5.91. The van der Waals surface area contributed by atoms with E-state index in [0.717, 1.165) is 21.4 Å². The molecule has 1 N–H and O–H groups in total. The first-order chi connectivity index (χ1) is 17.0. The van der Waals surface area contributed by atoms with Crippen molar-refractivity contribution < 1.29 is 17.2 Å². The highest BCUT2D eigenvalue weighted by Gasteiger charge is 2.18. The summed E-state index contributed by atoms with van der Waals surface area (Å²) in [4.78, 5) is 6.85. The predicted octanol–water partition coefficient (Wildman–Crippen LogP) is 4.60. The Kier molecular flexibility index (Phi) is 7.73. The van der Waals surface area contributed by atoms with E-state index in [1.165, 1.54) is 18.2 Å². The van der Waals surface area contributed by atoms with Crippen LogP contribution >= 0.6 is 22.9 Å². The predicted molar refractivity (Wildman–Crippen MR) is 137 cm³/mol. The smallest absolute Gasteiger partial charge is 0.280 e. The molecular formula is C24H22ClF2N5O2S2. The monoisotopic (exact) mass is 549 g/mol. The van der Waals surface area contributed by atoms with E-state index >= 15 is 0 Å². The van der Waals surface area contributed by atoms with E-state index in [4.69, 9.17) is 11.6 Å². The van der Waals surface area contributed by atoms with Crippen LogP contribution in [0.5, 0.6) is 0 Å². The Morgan fingerprint density at radius 1 is 1.17 bits per heavy atom. The lowest BCUT2D eigenvalue weighted by atomic mass is 10.1. The molecule has 0 radical (unpaired) electrons. The maximum Gasteiger partial charge on any atom is 0.280 e. The summed E-state index contributed by atoms with van der Waals surface area (Å²) in [5, 5.41) is 4.75. The summed E-state index contributed by atoms with van der Waals surface area (Å²) in [7, 11) is 0.0677. The first-order valence-electron chi connectivity index (χ1n) is 10.7. The van der Waals surface area contributed by atoms with E-state index < -0.39 is 16.4 Å². The molecule has 0 spiro atoms. The van der Waals surface area contributed by atoms with Gasteiger partial charge in [0, 0.05) is 29.7 Å². The molecule has 4 aromatic rings. The van der Waals surface area contributed by atoms with Crippen molar-refractivity contribution in [1.82, 2.24) is 24.2 Å². The van der Waals surface area contributed by atoms with Crippen molar-refractivity contribution in [3.05, 3.63) is 69.3 Å². The van der Waals surface area contributed by atoms with Crippen LogP contribution in [-0.2, 0) is 10.0 Å². The standard InChI is InChI=1S/C24H22ClF2N5O2S2/c1-15-12-16(4-8-19(15)25)20-14-21(24(26)27)32-22(29-20)13-17(30-32)5-6-18-7-9-23(35-18)36(33,34)28-10-11-31(2)3/h4,7-9,12-14,24,28H,10-11H2,1-3H3. The first kappa shape index (κ1) is 26.2. The van der Waals surface area contributed by atoms with E-state index in [1.807, 2.05) is 25.9 Å². The molecule has 0 aliphatic rings. The third-order valence-electron chi connectivity index (χ3n) is 5.14. The molecule has 12 heteroatoms. The number of alkyl halides is 2. The SMILES string of the molecule is Cc1cc(-c2cc(C(F)F)n3nc(C#Cc4ccc(S(=O)(=O)NCCN(C)C)s4)cc3n2)ccc1Cl. The summed E-state index contributed by atoms with van der Waals surface area (Å²) in [5.74, 6) is 5.68. The van der Waals surface area contributed by atoms with Crippen molar-refractivity contribution in [3.63, 3.8) is 0 Å². The van der Waals surface area contributed by atoms with Crippen molar-refractivity contribution in [2.45, 2.75) is 17.6 Å². The van der Waals surface area contributed by atoms with E-state index in [2.05, 4.69) is 26.6 Å². The van der Waals surface area contributed by atoms with Crippen LogP contribution < -0.4 is 4.72 Å². The van der Waals surface area contributed by atoms with Gasteiger partial charge < -0.3 is 4.90 Å². The number of hydrogen-bond acceptors (Lipinski definition) is 6. The van der Waals surface area contributed by atoms with Gasteiger partial charge in [-0.05, 0) is 68.8 Å². The zero-order chi connectivity index (χ0) is 26.0. The topological polar surface area (TPSA) is 79.6 Å². The molecule has 0 amide bonds. The number of aromatic nitrogens is 3. The van der Waals surface area contributed by atoms with Gasteiger partial charge in [0.15, 0.2) is 5.65 Å². The van der Waals surface area contributed by atoms with Crippen molar-refractivity contribution in [1.29, 1.82) is 0 Å². The fourth-order valence-corrected chi connectivity index (χ4v) is 5.64. The number of halogens is 3. The van der Waals surface area contributed by atoms with Crippen molar-refractivity contribution in [3.8, 4) is 23.1 Å². The quantitative estimate of drug-likeness (QED) is 0.341. The second-order valence-corrected chi connectivity index (χ2v) is 11.7. The number of rotatable bonds is 7. The Morgan fingerprint density at radius 3 is 2.64 bits per heavy atom. The van der Waals surface area contributed by atoms with Gasteiger partial charge in [-0.1, -0.05) is 17.7 Å². The highest BCUT2D eigenvalue weighted by molar-refractivity contribution is 7.91. The fourth-order valence-electron chi connectivity index (χ4n) is 3.30. The molecule has 3 heterocycles. The van der Waals surface area contributed by atoms with Crippen molar-refractivity contribution in [2.75, 3.05) is 27.2 Å². The molecule has 3 aromatic heterocycles. The molecule has 0 aliphatic heterocycles. The Bertz CT molecular complexity index is 1590. The van der Waals surface area contributed by atoms with Gasteiger partial charge in [0.25, 0.3) is 6.43 Å². The van der Waals surface area contributed by atoms with Gasteiger partial charge >= 0.3 is 0 Å². The van der Waals surface area contributed by atoms with E-state index in [1.54, 1.807) is 24.3 Å². The summed E-state index contributed by atoms with van der Waals surface area (Å²) < 4.78 is 56.3. The molecule has 0 atom stereocenters. The van der Waals surface area contributed by atoms with Crippen LogP contribution in [0, 0.1) is 18.8 Å². The lowest BCUT2D eigenvalue weighted by molar-refractivity contribution is 0.143. The number of likely N-dealkylation sites (N-methyl/N-ethyl adjacent to an activating group) is 1. The zero-order valence-corrected chi connectivity index (χ0v) is 22.0. The molecule has 0 unspecified atom stereocenters. The Labute approximate surface area is 216 Å². The highest BCUT2D eigenvalue weighted by atomic mass is 35.5. The third-order valence-corrected chi connectivity index (χ3v) is 8.52. The number of benzene rings is 1. The summed E-state index contributed by atoms with van der Waals surface area (Å²) in [6.45, 7) is 2.68. The van der Waals surface area contributed by atoms with Crippen molar-refractivity contribution >= 4 is 38.6 Å². The second-order valence-electron chi connectivity index (χ2n) is 8.20. The summed E-state index contributed by atoms with van der Waals surface area (Å²) >= 11 is 7.10. The van der Waals surface area contributed by atoms with Gasteiger partial charge in [-0.15, -0.1) is 11.3 Å². The van der Waals surface area contributed by atoms with Crippen molar-refractivity contribution in [2.24, 2.45) is 0 Å². The average Bonchev–Trinajstić information content (AvgIpc) is 3.45. The van der Waals surface area contributed by atoms with Gasteiger partial charge in [-0.2, -0.15) is 5.10 Å². The number of thiophene rings is 1. The van der Waals surface area contributed by atoms with Gasteiger partial charge in [0.1, 0.15) is 15.6 Å². The summed E-state index contributed by atoms with van der Waals surface area (Å²) in [5.41, 5.74) is 1.96. The number of nitrogens with zero attached hydrogens (tertiary/aromatic N) is 4. The zero-order valence-electron chi connectivity index (χ0n) is 19.6. The Hall–Kier alpha value is -2.88. The number of aryl methyl sites for hydroxylation is 1. The molecule has 0 saturated carbocycles. The molecule has 7 nitrogen and oxygen atoms in total. The van der Waals surface area contributed by atoms with E-state index in [-0.39, 0.29) is 27.8 Å². The Morgan fingerprint density at radius 2 is 1.94 bits per heavy atom. The van der Waals surface area contributed by atoms with Crippen LogP contribution in [-0.4, -0.2) is 55.1 Å². The normalized spacial score (nSPS) is 11.9. The highest BCUT2D eigenvalue weighted by Crippen LogP contribution is 2.28. The first-order valence-corrected chi connectivity index (χ1v) is 13.4. The minimum atomic E-state index is -3.64. The van der Waals surface area contributed by atoms with Gasteiger partial charge in [0.2, 0.25) is 10.0 Å². The molecule has 0 bridgehead atoms. The van der Waals surface area contributed by atoms with Crippen LogP contribution in [0.15, 0.2) is 46.7 Å².